The molecule has 0 aliphatic carbocycles. The second-order valence-electron chi connectivity index (χ2n) is 17.6. The van der Waals surface area contributed by atoms with E-state index in [0.717, 1.165) is 44.9 Å². The molecule has 370 valence electrons. The lowest BCUT2D eigenvalue weighted by molar-refractivity contribution is -0.154. The van der Waals surface area contributed by atoms with Crippen molar-refractivity contribution >= 4 is 19.8 Å². The van der Waals surface area contributed by atoms with Crippen LogP contribution in [0.1, 0.15) is 245 Å². The Morgan fingerprint density at radius 2 is 0.873 bits per heavy atom. The number of rotatable bonds is 50. The van der Waals surface area contributed by atoms with E-state index in [1.807, 2.05) is 0 Å². The van der Waals surface area contributed by atoms with Gasteiger partial charge in [0.25, 0.3) is 0 Å². The molecule has 63 heavy (non-hydrogen) atoms. The molecule has 0 saturated carbocycles. The highest BCUT2D eigenvalue weighted by molar-refractivity contribution is 7.47. The molecule has 0 rings (SSSR count). The molecule has 0 fully saturated rings. The molecular weight excluding hydrogens is 814 g/mol. The van der Waals surface area contributed by atoms with Crippen molar-refractivity contribution in [1.82, 2.24) is 0 Å². The number of hydrogen-bond acceptors (Lipinski definition) is 8. The maximum Gasteiger partial charge on any atom is 0.472 e. The highest BCUT2D eigenvalue weighted by Gasteiger charge is 2.27. The fourth-order valence-corrected chi connectivity index (χ4v) is 8.11. The number of hydrogen-bond donors (Lipinski definition) is 3. The van der Waals surface area contributed by atoms with E-state index < -0.39 is 45.1 Å². The van der Waals surface area contributed by atoms with Gasteiger partial charge in [-0.15, -0.1) is 0 Å². The Kier molecular flexibility index (Phi) is 46.7. The van der Waals surface area contributed by atoms with Gasteiger partial charge >= 0.3 is 19.8 Å². The monoisotopic (exact) mass is 912 g/mol. The fourth-order valence-electron chi connectivity index (χ4n) is 7.34. The molecule has 0 saturated heterocycles. The number of esters is 1. The molecule has 0 aliphatic rings. The van der Waals surface area contributed by atoms with Gasteiger partial charge in [0.2, 0.25) is 0 Å². The summed E-state index contributed by atoms with van der Waals surface area (Å²) in [6.45, 7) is 3.90. The van der Waals surface area contributed by atoms with Gasteiger partial charge < -0.3 is 25.2 Å². The Labute approximate surface area is 387 Å². The predicted octanol–water partition coefficient (Wildman–Crippen LogP) is 15.2. The largest absolute Gasteiger partial charge is 0.480 e. The smallest absolute Gasteiger partial charge is 0.472 e. The first kappa shape index (κ1) is 61.2. The fraction of sp³-hybridized carbons (Fsp3) is 0.846. The van der Waals surface area contributed by atoms with E-state index >= 15 is 0 Å². The zero-order valence-electron chi connectivity index (χ0n) is 40.7. The van der Waals surface area contributed by atoms with Gasteiger partial charge in [-0.25, -0.2) is 4.57 Å². The summed E-state index contributed by atoms with van der Waals surface area (Å²) in [6, 6.07) is -1.47. The van der Waals surface area contributed by atoms with Crippen molar-refractivity contribution < 1.29 is 42.7 Å². The molecule has 0 aromatic rings. The van der Waals surface area contributed by atoms with Gasteiger partial charge in [-0.2, -0.15) is 0 Å². The minimum atomic E-state index is -4.62. The maximum atomic E-state index is 12.7. The summed E-state index contributed by atoms with van der Waals surface area (Å²) in [5, 5.41) is 8.93. The van der Waals surface area contributed by atoms with Gasteiger partial charge in [0.05, 0.1) is 19.8 Å². The summed E-state index contributed by atoms with van der Waals surface area (Å²) in [5.74, 6) is -1.77. The summed E-state index contributed by atoms with van der Waals surface area (Å²) in [7, 11) is -4.62. The molecule has 0 amide bonds. The number of aliphatic carboxylic acids is 1. The van der Waals surface area contributed by atoms with E-state index in [-0.39, 0.29) is 13.0 Å². The maximum absolute atomic E-state index is 12.7. The van der Waals surface area contributed by atoms with Crippen LogP contribution in [0.4, 0.5) is 0 Å². The third-order valence-corrected chi connectivity index (χ3v) is 12.3. The van der Waals surface area contributed by atoms with Crippen molar-refractivity contribution in [3.63, 3.8) is 0 Å². The third-order valence-electron chi connectivity index (χ3n) is 11.4. The van der Waals surface area contributed by atoms with Crippen molar-refractivity contribution in [2.24, 2.45) is 5.73 Å². The topological polar surface area (TPSA) is 155 Å². The van der Waals surface area contributed by atoms with E-state index in [2.05, 4.69) is 50.3 Å². The standard InChI is InChI=1S/C52H98NO9P/c1-3-5-7-9-11-13-15-17-19-21-23-24-25-27-29-31-33-35-37-39-41-43-45-59-46-49(47-60-63(57,58)61-48-50(53)52(55)56)62-51(54)44-42-40-38-36-34-32-30-28-26-22-20-18-16-14-12-10-8-6-4-2/h15,17-18,20-21,23,49-50H,3-14,16,19,22,24-48,53H2,1-2H3,(H,55,56)(H,57,58)/b17-15-,20-18-,23-21-. The number of phosphoric ester groups is 1. The number of ether oxygens (including phenoxy) is 2. The first-order valence-electron chi connectivity index (χ1n) is 26.0. The Bertz CT molecular complexity index is 1150. The summed E-state index contributed by atoms with van der Waals surface area (Å²) in [6.07, 6.45) is 56.3. The van der Waals surface area contributed by atoms with Crippen LogP contribution < -0.4 is 5.73 Å². The van der Waals surface area contributed by atoms with Crippen LogP contribution in [0.3, 0.4) is 0 Å². The molecule has 0 spiro atoms. The van der Waals surface area contributed by atoms with Crippen molar-refractivity contribution in [3.8, 4) is 0 Å². The second-order valence-corrected chi connectivity index (χ2v) is 19.1. The van der Waals surface area contributed by atoms with Gasteiger partial charge in [-0.1, -0.05) is 204 Å². The molecule has 10 nitrogen and oxygen atoms in total. The van der Waals surface area contributed by atoms with Crippen LogP contribution in [0.5, 0.6) is 0 Å². The third kappa shape index (κ3) is 48.0. The van der Waals surface area contributed by atoms with Crippen molar-refractivity contribution in [1.29, 1.82) is 0 Å². The van der Waals surface area contributed by atoms with Crippen LogP contribution in [-0.2, 0) is 32.7 Å². The van der Waals surface area contributed by atoms with Gasteiger partial charge in [0.15, 0.2) is 0 Å². The lowest BCUT2D eigenvalue weighted by Gasteiger charge is -2.20. The number of phosphoric acid groups is 1. The quantitative estimate of drug-likeness (QED) is 0.0232. The van der Waals surface area contributed by atoms with Gasteiger partial charge in [0, 0.05) is 13.0 Å². The number of nitrogens with two attached hydrogens (primary N) is 1. The van der Waals surface area contributed by atoms with Crippen LogP contribution in [0.2, 0.25) is 0 Å². The molecule has 0 aromatic heterocycles. The minimum Gasteiger partial charge on any atom is -0.480 e. The molecule has 4 N–H and O–H groups in total. The molecule has 3 unspecified atom stereocenters. The average molecular weight is 912 g/mol. The molecule has 0 aliphatic heterocycles. The van der Waals surface area contributed by atoms with Crippen LogP contribution >= 0.6 is 7.82 Å². The predicted molar refractivity (Wildman–Crippen MR) is 263 cm³/mol. The second kappa shape index (κ2) is 48.1. The van der Waals surface area contributed by atoms with Gasteiger partial charge in [0.1, 0.15) is 12.1 Å². The first-order valence-corrected chi connectivity index (χ1v) is 27.5. The average Bonchev–Trinajstić information content (AvgIpc) is 3.26. The van der Waals surface area contributed by atoms with Crippen LogP contribution in [-0.4, -0.2) is 60.5 Å². The van der Waals surface area contributed by atoms with E-state index in [1.165, 1.54) is 173 Å². The molecule has 0 aromatic carbocycles. The van der Waals surface area contributed by atoms with E-state index in [1.54, 1.807) is 0 Å². The number of carboxylic acids is 1. The Hall–Kier alpha value is -1.81. The highest BCUT2D eigenvalue weighted by atomic mass is 31.2. The zero-order chi connectivity index (χ0) is 46.2. The van der Waals surface area contributed by atoms with Gasteiger partial charge in [-0.3, -0.25) is 18.6 Å². The molecule has 3 atom stereocenters. The Balaban J connectivity index is 4.13. The molecule has 0 bridgehead atoms. The Morgan fingerprint density at radius 1 is 0.508 bits per heavy atom. The van der Waals surface area contributed by atoms with E-state index in [0.29, 0.717) is 13.0 Å². The number of carboxylic acid groups (broad SMARTS) is 1. The summed E-state index contributed by atoms with van der Waals surface area (Å²) in [4.78, 5) is 33.7. The van der Waals surface area contributed by atoms with Crippen LogP contribution in [0, 0.1) is 0 Å². The molecule has 11 heteroatoms. The summed E-state index contributed by atoms with van der Waals surface area (Å²) < 4.78 is 33.5. The highest BCUT2D eigenvalue weighted by Crippen LogP contribution is 2.43. The number of unbranched alkanes of at least 4 members (excludes halogenated alkanes) is 30. The van der Waals surface area contributed by atoms with Crippen LogP contribution in [0.15, 0.2) is 36.5 Å². The first-order chi connectivity index (χ1) is 30.7. The van der Waals surface area contributed by atoms with E-state index in [4.69, 9.17) is 29.4 Å². The van der Waals surface area contributed by atoms with Crippen molar-refractivity contribution in [2.75, 3.05) is 26.4 Å². The normalized spacial score (nSPS) is 14.0. The lowest BCUT2D eigenvalue weighted by Crippen LogP contribution is -2.34. The Morgan fingerprint density at radius 3 is 1.30 bits per heavy atom. The minimum absolute atomic E-state index is 0.0158. The molecule has 0 radical (unpaired) electrons. The van der Waals surface area contributed by atoms with Crippen molar-refractivity contribution in [2.45, 2.75) is 257 Å². The van der Waals surface area contributed by atoms with E-state index in [9.17, 15) is 19.0 Å². The van der Waals surface area contributed by atoms with Crippen LogP contribution in [0.25, 0.3) is 0 Å². The zero-order valence-corrected chi connectivity index (χ0v) is 41.6. The SMILES string of the molecule is CCCCCCC/C=C\C/C=C\CCCCCCCCCCCCOCC(COP(=O)(O)OCC(N)C(=O)O)OC(=O)CCCCCCCCCCC/C=C\CCCCCCCC. The lowest BCUT2D eigenvalue weighted by atomic mass is 10.1. The number of allylic oxidation sites excluding steroid dienone is 6. The van der Waals surface area contributed by atoms with Gasteiger partial charge in [-0.05, 0) is 70.6 Å². The molecular formula is C52H98NO9P. The number of carbonyl (C=O) groups is 2. The summed E-state index contributed by atoms with van der Waals surface area (Å²) >= 11 is 0. The molecule has 0 heterocycles. The van der Waals surface area contributed by atoms with Crippen molar-refractivity contribution in [3.05, 3.63) is 36.5 Å². The number of carbonyl (C=O) groups excluding carboxylic acids is 1. The summed E-state index contributed by atoms with van der Waals surface area (Å²) in [5.41, 5.74) is 5.38.